The number of nitrogens with one attached hydrogen (secondary N) is 1. The van der Waals surface area contributed by atoms with E-state index in [0.29, 0.717) is 23.8 Å². The molecule has 1 N–H and O–H groups in total. The van der Waals surface area contributed by atoms with Crippen molar-refractivity contribution in [3.8, 4) is 0 Å². The van der Waals surface area contributed by atoms with Crippen molar-refractivity contribution in [3.63, 3.8) is 0 Å². The Bertz CT molecular complexity index is 958. The number of benzene rings is 2. The zero-order valence-electron chi connectivity index (χ0n) is 15.4. The van der Waals surface area contributed by atoms with E-state index in [1.807, 2.05) is 18.2 Å². The molecule has 1 fully saturated rings. The molecule has 1 saturated heterocycles. The third-order valence-electron chi connectivity index (χ3n) is 5.26. The molecule has 0 aliphatic carbocycles. The Hall–Kier alpha value is -2.86. The Balaban J connectivity index is 1.47. The Kier molecular flexibility index (Phi) is 4.81. The minimum absolute atomic E-state index is 0.0164. The highest BCUT2D eigenvalue weighted by Crippen LogP contribution is 2.34. The number of halogens is 1. The van der Waals surface area contributed by atoms with E-state index in [0.717, 1.165) is 23.4 Å². The average molecular weight is 398 g/mol. The molecule has 6 nitrogen and oxygen atoms in total. The van der Waals surface area contributed by atoms with Crippen molar-refractivity contribution in [2.24, 2.45) is 5.92 Å². The summed E-state index contributed by atoms with van der Waals surface area (Å²) in [5.41, 5.74) is 3.38. The largest absolute Gasteiger partial charge is 0.326 e. The third kappa shape index (κ3) is 3.47. The number of fused-ring (bicyclic) bond motifs is 1. The van der Waals surface area contributed by atoms with Gasteiger partial charge >= 0.3 is 0 Å². The summed E-state index contributed by atoms with van der Waals surface area (Å²) in [6, 6.07) is 12.6. The molecule has 2 aliphatic heterocycles. The Morgan fingerprint density at radius 1 is 1.14 bits per heavy atom. The van der Waals surface area contributed by atoms with Gasteiger partial charge in [-0.15, -0.1) is 0 Å². The molecule has 0 spiro atoms. The zero-order valence-corrected chi connectivity index (χ0v) is 16.2. The highest BCUT2D eigenvalue weighted by molar-refractivity contribution is 6.30. The molecule has 144 valence electrons. The number of anilines is 3. The number of rotatable bonds is 3. The maximum Gasteiger partial charge on any atom is 0.229 e. The third-order valence-corrected chi connectivity index (χ3v) is 5.51. The summed E-state index contributed by atoms with van der Waals surface area (Å²) in [4.78, 5) is 40.2. The van der Waals surface area contributed by atoms with E-state index < -0.39 is 5.92 Å². The van der Waals surface area contributed by atoms with E-state index in [1.165, 1.54) is 0 Å². The predicted molar refractivity (Wildman–Crippen MR) is 109 cm³/mol. The molecule has 4 rings (SSSR count). The molecular formula is C21H20ClN3O3. The summed E-state index contributed by atoms with van der Waals surface area (Å²) < 4.78 is 0. The molecule has 2 aliphatic rings. The molecule has 2 aromatic rings. The van der Waals surface area contributed by atoms with Gasteiger partial charge in [-0.2, -0.15) is 0 Å². The van der Waals surface area contributed by atoms with E-state index in [1.54, 1.807) is 41.0 Å². The summed E-state index contributed by atoms with van der Waals surface area (Å²) in [6.07, 6.45) is 0.946. The first-order valence-electron chi connectivity index (χ1n) is 9.20. The van der Waals surface area contributed by atoms with Gasteiger partial charge in [-0.05, 0) is 54.4 Å². The lowest BCUT2D eigenvalue weighted by atomic mass is 10.1. The van der Waals surface area contributed by atoms with Crippen LogP contribution in [0.4, 0.5) is 17.1 Å². The maximum absolute atomic E-state index is 12.6. The number of nitrogens with zero attached hydrogens (tertiary/aromatic N) is 2. The van der Waals surface area contributed by atoms with Crippen molar-refractivity contribution in [2.45, 2.75) is 19.8 Å². The van der Waals surface area contributed by atoms with Crippen LogP contribution < -0.4 is 15.1 Å². The fourth-order valence-electron chi connectivity index (χ4n) is 3.79. The standard InChI is InChI=1S/C21H20ClN3O3/c1-13(26)24-9-8-14-10-18(6-7-19(14)24)25-12-15(11-20(25)27)21(28)23-17-4-2-16(22)3-5-17/h2-7,10,15H,8-9,11-12H2,1H3,(H,23,28)/t15-/m0/s1. The number of amides is 3. The molecular weight excluding hydrogens is 378 g/mol. The first-order chi connectivity index (χ1) is 13.4. The minimum Gasteiger partial charge on any atom is -0.326 e. The van der Waals surface area contributed by atoms with Crippen LogP contribution in [-0.4, -0.2) is 30.8 Å². The molecule has 3 amide bonds. The normalized spacial score (nSPS) is 18.4. The van der Waals surface area contributed by atoms with Crippen LogP contribution in [0.1, 0.15) is 18.9 Å². The second-order valence-electron chi connectivity index (χ2n) is 7.14. The molecule has 7 heteroatoms. The van der Waals surface area contributed by atoms with E-state index in [4.69, 9.17) is 11.6 Å². The molecule has 0 saturated carbocycles. The van der Waals surface area contributed by atoms with Crippen molar-refractivity contribution in [2.75, 3.05) is 28.2 Å². The summed E-state index contributed by atoms with van der Waals surface area (Å²) >= 11 is 5.86. The molecule has 2 aromatic carbocycles. The lowest BCUT2D eigenvalue weighted by molar-refractivity contribution is -0.122. The second-order valence-corrected chi connectivity index (χ2v) is 7.57. The zero-order chi connectivity index (χ0) is 19.8. The van der Waals surface area contributed by atoms with Crippen molar-refractivity contribution >= 4 is 46.4 Å². The average Bonchev–Trinajstić information content (AvgIpc) is 3.26. The fraction of sp³-hybridized carbons (Fsp3) is 0.286. The van der Waals surface area contributed by atoms with Crippen LogP contribution in [0.25, 0.3) is 0 Å². The highest BCUT2D eigenvalue weighted by Gasteiger charge is 2.36. The number of hydrogen-bond acceptors (Lipinski definition) is 3. The number of carbonyl (C=O) groups is 3. The van der Waals surface area contributed by atoms with Gasteiger partial charge in [0.25, 0.3) is 0 Å². The van der Waals surface area contributed by atoms with Gasteiger partial charge in [-0.3, -0.25) is 14.4 Å². The van der Waals surface area contributed by atoms with Crippen molar-refractivity contribution < 1.29 is 14.4 Å². The molecule has 2 heterocycles. The Morgan fingerprint density at radius 2 is 1.89 bits per heavy atom. The molecule has 0 bridgehead atoms. The summed E-state index contributed by atoms with van der Waals surface area (Å²) in [7, 11) is 0. The Morgan fingerprint density at radius 3 is 2.61 bits per heavy atom. The molecule has 28 heavy (non-hydrogen) atoms. The SMILES string of the molecule is CC(=O)N1CCc2cc(N3C[C@@H](C(=O)Nc4ccc(Cl)cc4)CC3=O)ccc21. The maximum atomic E-state index is 12.6. The summed E-state index contributed by atoms with van der Waals surface area (Å²) in [6.45, 7) is 2.55. The highest BCUT2D eigenvalue weighted by atomic mass is 35.5. The van der Waals surface area contributed by atoms with E-state index >= 15 is 0 Å². The van der Waals surface area contributed by atoms with Crippen LogP contribution >= 0.6 is 11.6 Å². The van der Waals surface area contributed by atoms with Gasteiger partial charge < -0.3 is 15.1 Å². The molecule has 0 radical (unpaired) electrons. The van der Waals surface area contributed by atoms with Gasteiger partial charge in [0.15, 0.2) is 0 Å². The van der Waals surface area contributed by atoms with Gasteiger partial charge in [-0.1, -0.05) is 11.6 Å². The van der Waals surface area contributed by atoms with Crippen molar-refractivity contribution in [3.05, 3.63) is 53.1 Å². The number of carbonyl (C=O) groups excluding carboxylic acids is 3. The molecule has 0 aromatic heterocycles. The van der Waals surface area contributed by atoms with Crippen LogP contribution in [0.3, 0.4) is 0 Å². The number of hydrogen-bond donors (Lipinski definition) is 1. The molecule has 0 unspecified atom stereocenters. The Labute approximate surface area is 168 Å². The fourth-order valence-corrected chi connectivity index (χ4v) is 3.92. The van der Waals surface area contributed by atoms with E-state index in [-0.39, 0.29) is 24.1 Å². The van der Waals surface area contributed by atoms with Gasteiger partial charge in [0, 0.05) is 48.5 Å². The van der Waals surface area contributed by atoms with Gasteiger partial charge in [0.05, 0.1) is 5.92 Å². The van der Waals surface area contributed by atoms with Gasteiger partial charge in [0.2, 0.25) is 17.7 Å². The predicted octanol–water partition coefficient (Wildman–Crippen LogP) is 3.24. The summed E-state index contributed by atoms with van der Waals surface area (Å²) in [5.74, 6) is -0.646. The quantitative estimate of drug-likeness (QED) is 0.864. The van der Waals surface area contributed by atoms with Crippen LogP contribution in [0, 0.1) is 5.92 Å². The smallest absolute Gasteiger partial charge is 0.229 e. The first kappa shape index (κ1) is 18.5. The van der Waals surface area contributed by atoms with E-state index in [9.17, 15) is 14.4 Å². The van der Waals surface area contributed by atoms with Crippen LogP contribution in [0.2, 0.25) is 5.02 Å². The monoisotopic (exact) mass is 397 g/mol. The summed E-state index contributed by atoms with van der Waals surface area (Å²) in [5, 5.41) is 3.44. The minimum atomic E-state index is -0.412. The van der Waals surface area contributed by atoms with Crippen LogP contribution in [-0.2, 0) is 20.8 Å². The van der Waals surface area contributed by atoms with Gasteiger partial charge in [0.1, 0.15) is 0 Å². The van der Waals surface area contributed by atoms with Gasteiger partial charge in [-0.25, -0.2) is 0 Å². The topological polar surface area (TPSA) is 69.7 Å². The first-order valence-corrected chi connectivity index (χ1v) is 9.58. The lowest BCUT2D eigenvalue weighted by Gasteiger charge is -2.19. The molecule has 1 atom stereocenters. The van der Waals surface area contributed by atoms with Crippen molar-refractivity contribution in [1.82, 2.24) is 0 Å². The van der Waals surface area contributed by atoms with Crippen molar-refractivity contribution in [1.29, 1.82) is 0 Å². The lowest BCUT2D eigenvalue weighted by Crippen LogP contribution is -2.28. The van der Waals surface area contributed by atoms with E-state index in [2.05, 4.69) is 5.32 Å². The van der Waals surface area contributed by atoms with Crippen LogP contribution in [0.15, 0.2) is 42.5 Å². The van der Waals surface area contributed by atoms with Crippen LogP contribution in [0.5, 0.6) is 0 Å². The second kappa shape index (κ2) is 7.28.